The van der Waals surface area contributed by atoms with Crippen molar-refractivity contribution in [1.82, 2.24) is 5.32 Å². The lowest BCUT2D eigenvalue weighted by Crippen LogP contribution is -2.23. The quantitative estimate of drug-likeness (QED) is 0.850. The summed E-state index contributed by atoms with van der Waals surface area (Å²) in [7, 11) is 3.63. The van der Waals surface area contributed by atoms with Gasteiger partial charge in [-0.25, -0.2) is 0 Å². The molecular formula is C13H20ClNO. The highest BCUT2D eigenvalue weighted by Crippen LogP contribution is 2.31. The second-order valence-electron chi connectivity index (χ2n) is 4.05. The number of halogens is 1. The summed E-state index contributed by atoms with van der Waals surface area (Å²) in [6.45, 7) is 4.43. The van der Waals surface area contributed by atoms with Crippen molar-refractivity contribution in [2.75, 3.05) is 14.2 Å². The molecule has 0 amide bonds. The van der Waals surface area contributed by atoms with Crippen molar-refractivity contribution in [3.63, 3.8) is 0 Å². The van der Waals surface area contributed by atoms with Crippen LogP contribution in [-0.2, 0) is 0 Å². The second kappa shape index (κ2) is 6.12. The third-order valence-electron chi connectivity index (χ3n) is 3.06. The molecule has 0 saturated carbocycles. The van der Waals surface area contributed by atoms with Crippen LogP contribution >= 0.6 is 11.6 Å². The molecule has 1 aromatic carbocycles. The van der Waals surface area contributed by atoms with Gasteiger partial charge in [-0.1, -0.05) is 37.9 Å². The minimum Gasteiger partial charge on any atom is -0.495 e. The Morgan fingerprint density at radius 1 is 1.44 bits per heavy atom. The Morgan fingerprint density at radius 2 is 2.12 bits per heavy atom. The van der Waals surface area contributed by atoms with Crippen LogP contribution in [0.2, 0.25) is 5.02 Å². The molecule has 0 heterocycles. The Morgan fingerprint density at radius 3 is 2.62 bits per heavy atom. The minimum absolute atomic E-state index is 0.344. The summed E-state index contributed by atoms with van der Waals surface area (Å²) in [5.74, 6) is 1.32. The molecule has 0 aliphatic carbocycles. The van der Waals surface area contributed by atoms with Crippen LogP contribution < -0.4 is 10.1 Å². The van der Waals surface area contributed by atoms with Crippen molar-refractivity contribution in [2.24, 2.45) is 5.92 Å². The first-order chi connectivity index (χ1) is 7.63. The van der Waals surface area contributed by atoms with Crippen LogP contribution in [0, 0.1) is 5.92 Å². The number of hydrogen-bond donors (Lipinski definition) is 1. The Bertz CT molecular complexity index is 341. The second-order valence-corrected chi connectivity index (χ2v) is 4.45. The van der Waals surface area contributed by atoms with Crippen molar-refractivity contribution in [2.45, 2.75) is 26.3 Å². The van der Waals surface area contributed by atoms with Gasteiger partial charge in [0.15, 0.2) is 0 Å². The Kier molecular flexibility index (Phi) is 5.10. The standard InChI is InChI=1S/C13H20ClNO/c1-5-9(2)13(15-3)10-6-7-11(14)12(8-10)16-4/h6-9,13,15H,5H2,1-4H3. The van der Waals surface area contributed by atoms with Gasteiger partial charge in [-0.15, -0.1) is 0 Å². The largest absolute Gasteiger partial charge is 0.495 e. The molecule has 2 atom stereocenters. The summed E-state index contributed by atoms with van der Waals surface area (Å²) < 4.78 is 5.23. The van der Waals surface area contributed by atoms with Crippen LogP contribution in [0.1, 0.15) is 31.9 Å². The monoisotopic (exact) mass is 241 g/mol. The maximum absolute atomic E-state index is 6.01. The van der Waals surface area contributed by atoms with E-state index in [-0.39, 0.29) is 0 Å². The average Bonchev–Trinajstić information content (AvgIpc) is 2.31. The van der Waals surface area contributed by atoms with Crippen LogP contribution in [0.4, 0.5) is 0 Å². The minimum atomic E-state index is 0.344. The topological polar surface area (TPSA) is 21.3 Å². The molecule has 16 heavy (non-hydrogen) atoms. The van der Waals surface area contributed by atoms with E-state index in [1.165, 1.54) is 5.56 Å². The number of methoxy groups -OCH3 is 1. The molecule has 0 aliphatic heterocycles. The maximum atomic E-state index is 6.01. The number of benzene rings is 1. The van der Waals surface area contributed by atoms with E-state index in [0.717, 1.165) is 12.2 Å². The van der Waals surface area contributed by atoms with Crippen LogP contribution in [0.15, 0.2) is 18.2 Å². The lowest BCUT2D eigenvalue weighted by molar-refractivity contribution is 0.392. The van der Waals surface area contributed by atoms with Gasteiger partial charge in [-0.2, -0.15) is 0 Å². The van der Waals surface area contributed by atoms with E-state index < -0.39 is 0 Å². The highest BCUT2D eigenvalue weighted by Gasteiger charge is 2.17. The lowest BCUT2D eigenvalue weighted by Gasteiger charge is -2.23. The van der Waals surface area contributed by atoms with Crippen molar-refractivity contribution in [3.8, 4) is 5.75 Å². The normalized spacial score (nSPS) is 14.6. The third kappa shape index (κ3) is 2.89. The van der Waals surface area contributed by atoms with Gasteiger partial charge in [0, 0.05) is 6.04 Å². The predicted octanol–water partition coefficient (Wildman–Crippen LogP) is 3.66. The summed E-state index contributed by atoms with van der Waals surface area (Å²) >= 11 is 6.01. The van der Waals surface area contributed by atoms with Gasteiger partial charge in [0.05, 0.1) is 12.1 Å². The van der Waals surface area contributed by atoms with Crippen molar-refractivity contribution in [3.05, 3.63) is 28.8 Å². The Hall–Kier alpha value is -0.730. The maximum Gasteiger partial charge on any atom is 0.137 e. The van der Waals surface area contributed by atoms with Gasteiger partial charge in [0.1, 0.15) is 5.75 Å². The lowest BCUT2D eigenvalue weighted by atomic mass is 9.92. The van der Waals surface area contributed by atoms with Crippen LogP contribution in [0.3, 0.4) is 0 Å². The third-order valence-corrected chi connectivity index (χ3v) is 3.37. The van der Waals surface area contributed by atoms with Crippen LogP contribution in [0.5, 0.6) is 5.75 Å². The molecule has 0 aliphatic rings. The Balaban J connectivity index is 3.01. The fraction of sp³-hybridized carbons (Fsp3) is 0.538. The molecule has 1 aromatic rings. The van der Waals surface area contributed by atoms with Crippen molar-refractivity contribution in [1.29, 1.82) is 0 Å². The summed E-state index contributed by atoms with van der Waals surface area (Å²) in [6, 6.07) is 6.30. The molecule has 90 valence electrons. The van der Waals surface area contributed by atoms with E-state index in [9.17, 15) is 0 Å². The number of rotatable bonds is 5. The number of hydrogen-bond acceptors (Lipinski definition) is 2. The summed E-state index contributed by atoms with van der Waals surface area (Å²) in [4.78, 5) is 0. The first-order valence-electron chi connectivity index (χ1n) is 5.64. The average molecular weight is 242 g/mol. The summed E-state index contributed by atoms with van der Waals surface area (Å²) in [6.07, 6.45) is 1.14. The van der Waals surface area contributed by atoms with E-state index in [2.05, 4.69) is 25.2 Å². The highest BCUT2D eigenvalue weighted by atomic mass is 35.5. The predicted molar refractivity (Wildman–Crippen MR) is 69.3 cm³/mol. The van der Waals surface area contributed by atoms with Gasteiger partial charge in [-0.3, -0.25) is 0 Å². The van der Waals surface area contributed by atoms with E-state index >= 15 is 0 Å². The fourth-order valence-corrected chi connectivity index (χ4v) is 2.08. The molecule has 1 N–H and O–H groups in total. The van der Waals surface area contributed by atoms with E-state index in [0.29, 0.717) is 17.0 Å². The van der Waals surface area contributed by atoms with E-state index in [1.54, 1.807) is 7.11 Å². The molecule has 0 aromatic heterocycles. The molecule has 0 saturated heterocycles. The van der Waals surface area contributed by atoms with E-state index in [4.69, 9.17) is 16.3 Å². The fourth-order valence-electron chi connectivity index (χ4n) is 1.89. The first-order valence-corrected chi connectivity index (χ1v) is 6.02. The van der Waals surface area contributed by atoms with Gasteiger partial charge >= 0.3 is 0 Å². The zero-order valence-corrected chi connectivity index (χ0v) is 11.1. The molecule has 0 spiro atoms. The summed E-state index contributed by atoms with van der Waals surface area (Å²) in [5.41, 5.74) is 1.22. The number of ether oxygens (including phenoxy) is 1. The molecule has 0 radical (unpaired) electrons. The molecule has 2 unspecified atom stereocenters. The SMILES string of the molecule is CCC(C)C(NC)c1ccc(Cl)c(OC)c1. The van der Waals surface area contributed by atoms with Crippen molar-refractivity contribution < 1.29 is 4.74 Å². The molecule has 3 heteroatoms. The first kappa shape index (κ1) is 13.3. The summed E-state index contributed by atoms with van der Waals surface area (Å²) in [5, 5.41) is 4.00. The van der Waals surface area contributed by atoms with Gasteiger partial charge in [0.2, 0.25) is 0 Å². The molecular weight excluding hydrogens is 222 g/mol. The molecule has 0 bridgehead atoms. The molecule has 1 rings (SSSR count). The van der Waals surface area contributed by atoms with Crippen LogP contribution in [-0.4, -0.2) is 14.2 Å². The highest BCUT2D eigenvalue weighted by molar-refractivity contribution is 6.32. The van der Waals surface area contributed by atoms with Crippen molar-refractivity contribution >= 4 is 11.6 Å². The molecule has 2 nitrogen and oxygen atoms in total. The van der Waals surface area contributed by atoms with Gasteiger partial charge in [-0.05, 0) is 30.7 Å². The van der Waals surface area contributed by atoms with Gasteiger partial charge in [0.25, 0.3) is 0 Å². The zero-order chi connectivity index (χ0) is 12.1. The smallest absolute Gasteiger partial charge is 0.137 e. The molecule has 0 fully saturated rings. The van der Waals surface area contributed by atoms with Crippen LogP contribution in [0.25, 0.3) is 0 Å². The van der Waals surface area contributed by atoms with Gasteiger partial charge < -0.3 is 10.1 Å². The Labute approximate surface area is 103 Å². The van der Waals surface area contributed by atoms with E-state index in [1.807, 2.05) is 19.2 Å². The zero-order valence-electron chi connectivity index (χ0n) is 10.4. The number of nitrogens with one attached hydrogen (secondary N) is 1.